The predicted octanol–water partition coefficient (Wildman–Crippen LogP) is 0.621. The second-order valence-corrected chi connectivity index (χ2v) is 7.21. The Hall–Kier alpha value is -2.09. The molecule has 0 bridgehead atoms. The maximum Gasteiger partial charge on any atom is 0.332 e. The second-order valence-electron chi connectivity index (χ2n) is 7.21. The Balaban J connectivity index is 0.00000280. The third-order valence-corrected chi connectivity index (χ3v) is 5.27. The number of aliphatic hydroxyl groups excluding tert-OH is 1. The Kier molecular flexibility index (Phi) is 7.86. The van der Waals surface area contributed by atoms with Crippen LogP contribution in [0.3, 0.4) is 0 Å². The summed E-state index contributed by atoms with van der Waals surface area (Å²) >= 11 is 0. The fraction of sp³-hybridized carbons (Fsp3) is 0.500. The molecule has 1 aromatic heterocycles. The minimum Gasteiger partial charge on any atom is -0.392 e. The number of aryl methyl sites for hydroxylation is 1. The molecule has 0 radical (unpaired) electrons. The van der Waals surface area contributed by atoms with E-state index in [4.69, 9.17) is 0 Å². The summed E-state index contributed by atoms with van der Waals surface area (Å²) < 4.78 is 2.63. The largest absolute Gasteiger partial charge is 0.392 e. The smallest absolute Gasteiger partial charge is 0.332 e. The first-order chi connectivity index (χ1) is 13.0. The molecule has 2 aromatic rings. The van der Waals surface area contributed by atoms with Crippen molar-refractivity contribution >= 4 is 18.2 Å². The molecule has 1 aliphatic rings. The third kappa shape index (κ3) is 5.25. The van der Waals surface area contributed by atoms with Gasteiger partial charge in [0, 0.05) is 52.9 Å². The van der Waals surface area contributed by atoms with Crippen LogP contribution in [0, 0.1) is 0 Å². The van der Waals surface area contributed by atoms with Crippen molar-refractivity contribution in [3.05, 3.63) is 62.8 Å². The van der Waals surface area contributed by atoms with Crippen LogP contribution in [0.4, 0.5) is 5.82 Å². The summed E-state index contributed by atoms with van der Waals surface area (Å²) in [7, 11) is 3.18. The zero-order valence-corrected chi connectivity index (χ0v) is 17.3. The topological polar surface area (TPSA) is 70.7 Å². The number of β-amino-alcohol motifs (C(OH)–C–C–N with tert-alkyl or cyclic N) is 1. The summed E-state index contributed by atoms with van der Waals surface area (Å²) in [6.45, 7) is 3.70. The highest BCUT2D eigenvalue weighted by Crippen LogP contribution is 2.13. The summed E-state index contributed by atoms with van der Waals surface area (Å²) in [5.74, 6) is 0.660. The number of rotatable bonds is 6. The predicted molar refractivity (Wildman–Crippen MR) is 114 cm³/mol. The maximum absolute atomic E-state index is 12.1. The number of hydrogen-bond acceptors (Lipinski definition) is 5. The van der Waals surface area contributed by atoms with E-state index in [0.717, 1.165) is 43.6 Å². The van der Waals surface area contributed by atoms with E-state index < -0.39 is 0 Å². The molecule has 7 nitrogen and oxygen atoms in total. The van der Waals surface area contributed by atoms with Crippen LogP contribution in [0.25, 0.3) is 0 Å². The molecule has 3 rings (SSSR count). The minimum atomic E-state index is -0.356. The molecule has 8 heteroatoms. The van der Waals surface area contributed by atoms with E-state index >= 15 is 0 Å². The minimum absolute atomic E-state index is 0. The van der Waals surface area contributed by atoms with Crippen LogP contribution >= 0.6 is 12.4 Å². The molecular weight excluding hydrogens is 380 g/mol. The Morgan fingerprint density at radius 1 is 1.00 bits per heavy atom. The third-order valence-electron chi connectivity index (χ3n) is 5.27. The SMILES string of the molecule is Cl.Cn1c(N2CCN(CC(O)CCc3ccccc3)CC2)cc(=O)n(C)c1=O. The van der Waals surface area contributed by atoms with Gasteiger partial charge in [-0.2, -0.15) is 0 Å². The molecular formula is C20H29ClN4O3. The zero-order chi connectivity index (χ0) is 19.4. The summed E-state index contributed by atoms with van der Waals surface area (Å²) in [6, 6.07) is 11.7. The first kappa shape index (κ1) is 22.2. The van der Waals surface area contributed by atoms with E-state index in [1.165, 1.54) is 23.2 Å². The first-order valence-corrected chi connectivity index (χ1v) is 9.42. The molecule has 1 fully saturated rings. The van der Waals surface area contributed by atoms with Gasteiger partial charge in [0.25, 0.3) is 5.56 Å². The Labute approximate surface area is 171 Å². The van der Waals surface area contributed by atoms with Crippen molar-refractivity contribution in [3.8, 4) is 0 Å². The number of benzene rings is 1. The van der Waals surface area contributed by atoms with Gasteiger partial charge in [-0.15, -0.1) is 12.4 Å². The molecule has 1 N–H and O–H groups in total. The molecule has 0 spiro atoms. The van der Waals surface area contributed by atoms with Gasteiger partial charge < -0.3 is 10.0 Å². The van der Waals surface area contributed by atoms with E-state index in [-0.39, 0.29) is 29.8 Å². The number of anilines is 1. The van der Waals surface area contributed by atoms with Gasteiger partial charge in [0.15, 0.2) is 0 Å². The van der Waals surface area contributed by atoms with Crippen molar-refractivity contribution in [3.63, 3.8) is 0 Å². The molecule has 2 heterocycles. The molecule has 0 amide bonds. The van der Waals surface area contributed by atoms with Crippen molar-refractivity contribution in [2.75, 3.05) is 37.6 Å². The molecule has 0 aliphatic carbocycles. The average molecular weight is 409 g/mol. The van der Waals surface area contributed by atoms with E-state index in [1.807, 2.05) is 18.2 Å². The fourth-order valence-electron chi connectivity index (χ4n) is 3.55. The van der Waals surface area contributed by atoms with Gasteiger partial charge in [-0.25, -0.2) is 4.79 Å². The number of nitrogens with zero attached hydrogens (tertiary/aromatic N) is 4. The fourth-order valence-corrected chi connectivity index (χ4v) is 3.55. The lowest BCUT2D eigenvalue weighted by molar-refractivity contribution is 0.102. The van der Waals surface area contributed by atoms with E-state index in [0.29, 0.717) is 12.4 Å². The van der Waals surface area contributed by atoms with Crippen molar-refractivity contribution in [2.24, 2.45) is 14.1 Å². The number of hydrogen-bond donors (Lipinski definition) is 1. The van der Waals surface area contributed by atoms with E-state index in [2.05, 4.69) is 21.9 Å². The second kappa shape index (κ2) is 9.91. The van der Waals surface area contributed by atoms with Crippen LogP contribution in [0.5, 0.6) is 0 Å². The number of halogens is 1. The van der Waals surface area contributed by atoms with Gasteiger partial charge in [0.1, 0.15) is 5.82 Å². The van der Waals surface area contributed by atoms with Crippen molar-refractivity contribution < 1.29 is 5.11 Å². The molecule has 1 aliphatic heterocycles. The number of aromatic nitrogens is 2. The Morgan fingerprint density at radius 2 is 1.64 bits per heavy atom. The highest BCUT2D eigenvalue weighted by Gasteiger charge is 2.21. The summed E-state index contributed by atoms with van der Waals surface area (Å²) in [6.07, 6.45) is 1.26. The number of piperazine rings is 1. The van der Waals surface area contributed by atoms with Gasteiger partial charge in [-0.3, -0.25) is 18.8 Å². The Morgan fingerprint density at radius 3 is 2.29 bits per heavy atom. The van der Waals surface area contributed by atoms with Gasteiger partial charge in [-0.05, 0) is 18.4 Å². The summed E-state index contributed by atoms with van der Waals surface area (Å²) in [4.78, 5) is 28.3. The van der Waals surface area contributed by atoms with Crippen LogP contribution < -0.4 is 16.1 Å². The van der Waals surface area contributed by atoms with Crippen LogP contribution in [0.2, 0.25) is 0 Å². The van der Waals surface area contributed by atoms with Crippen LogP contribution in [-0.4, -0.2) is 58.0 Å². The molecule has 1 aromatic carbocycles. The monoisotopic (exact) mass is 408 g/mol. The molecule has 1 atom stereocenters. The van der Waals surface area contributed by atoms with Crippen molar-refractivity contribution in [1.82, 2.24) is 14.0 Å². The average Bonchev–Trinajstić information content (AvgIpc) is 2.69. The van der Waals surface area contributed by atoms with Gasteiger partial charge in [0.2, 0.25) is 0 Å². The molecule has 0 saturated carbocycles. The standard InChI is InChI=1S/C20H28N4O3.ClH/c1-21-18(14-19(26)22(2)20(21)27)24-12-10-23(11-13-24)15-17(25)9-8-16-6-4-3-5-7-16;/h3-7,14,17,25H,8-13,15H2,1-2H3;1H. The zero-order valence-electron chi connectivity index (χ0n) is 16.5. The quantitative estimate of drug-likeness (QED) is 0.758. The van der Waals surface area contributed by atoms with Crippen molar-refractivity contribution in [2.45, 2.75) is 18.9 Å². The molecule has 28 heavy (non-hydrogen) atoms. The highest BCUT2D eigenvalue weighted by atomic mass is 35.5. The van der Waals surface area contributed by atoms with E-state index in [9.17, 15) is 14.7 Å². The lowest BCUT2D eigenvalue weighted by atomic mass is 10.1. The molecule has 1 unspecified atom stereocenters. The highest BCUT2D eigenvalue weighted by molar-refractivity contribution is 5.85. The van der Waals surface area contributed by atoms with Gasteiger partial charge in [0.05, 0.1) is 6.10 Å². The number of aliphatic hydroxyl groups is 1. The van der Waals surface area contributed by atoms with Gasteiger partial charge in [-0.1, -0.05) is 30.3 Å². The molecule has 1 saturated heterocycles. The van der Waals surface area contributed by atoms with E-state index in [1.54, 1.807) is 7.05 Å². The lowest BCUT2D eigenvalue weighted by Crippen LogP contribution is -2.50. The summed E-state index contributed by atoms with van der Waals surface area (Å²) in [5, 5.41) is 10.3. The first-order valence-electron chi connectivity index (χ1n) is 9.42. The van der Waals surface area contributed by atoms with Crippen LogP contribution in [0.15, 0.2) is 46.0 Å². The lowest BCUT2D eigenvalue weighted by Gasteiger charge is -2.37. The Bertz CT molecular complexity index is 873. The van der Waals surface area contributed by atoms with Crippen LogP contribution in [0.1, 0.15) is 12.0 Å². The van der Waals surface area contributed by atoms with Crippen LogP contribution in [-0.2, 0) is 20.5 Å². The summed E-state index contributed by atoms with van der Waals surface area (Å²) in [5.41, 5.74) is 0.649. The maximum atomic E-state index is 12.1. The van der Waals surface area contributed by atoms with Crippen molar-refractivity contribution in [1.29, 1.82) is 0 Å². The van der Waals surface area contributed by atoms with Gasteiger partial charge >= 0.3 is 5.69 Å². The normalized spacial score (nSPS) is 15.9. The molecule has 154 valence electrons.